The quantitative estimate of drug-likeness (QED) is 0.539. The lowest BCUT2D eigenvalue weighted by molar-refractivity contribution is -0.148. The second-order valence-electron chi connectivity index (χ2n) is 4.02. The van der Waals surface area contributed by atoms with Gasteiger partial charge in [-0.25, -0.2) is 0 Å². The lowest BCUT2D eigenvalue weighted by atomic mass is 9.66. The fourth-order valence-electron chi connectivity index (χ4n) is 2.07. The van der Waals surface area contributed by atoms with Crippen molar-refractivity contribution in [3.05, 3.63) is 0 Å². The van der Waals surface area contributed by atoms with Crippen molar-refractivity contribution in [3.63, 3.8) is 0 Å². The van der Waals surface area contributed by atoms with E-state index in [1.165, 1.54) is 19.3 Å². The minimum absolute atomic E-state index is 0.00289. The van der Waals surface area contributed by atoms with Crippen molar-refractivity contribution >= 4 is 5.97 Å². The molecule has 62 valence electrons. The number of carbonyl (C=O) groups excluding carboxylic acids is 1. The van der Waals surface area contributed by atoms with Gasteiger partial charge in [0.2, 0.25) is 0 Å². The topological polar surface area (TPSA) is 26.3 Å². The van der Waals surface area contributed by atoms with Crippen LogP contribution in [0.4, 0.5) is 0 Å². The maximum absolute atomic E-state index is 10.8. The number of hydrogen-bond donors (Lipinski definition) is 0. The monoisotopic (exact) mass is 154 g/mol. The van der Waals surface area contributed by atoms with E-state index in [2.05, 4.69) is 6.92 Å². The van der Waals surface area contributed by atoms with Crippen LogP contribution in [0.1, 0.15) is 39.0 Å². The van der Waals surface area contributed by atoms with Gasteiger partial charge in [-0.05, 0) is 19.3 Å². The molecule has 1 saturated carbocycles. The zero-order valence-electron chi connectivity index (χ0n) is 6.93. The third-order valence-electron chi connectivity index (χ3n) is 3.16. The number of esters is 1. The van der Waals surface area contributed by atoms with E-state index in [0.717, 1.165) is 6.42 Å². The fraction of sp³-hybridized carbons (Fsp3) is 0.889. The van der Waals surface area contributed by atoms with E-state index in [-0.39, 0.29) is 12.1 Å². The normalized spacial score (nSPS) is 34.6. The summed E-state index contributed by atoms with van der Waals surface area (Å²) in [6.07, 6.45) is 5.62. The van der Waals surface area contributed by atoms with Gasteiger partial charge >= 0.3 is 5.97 Å². The Bertz CT molecular complexity index is 182. The summed E-state index contributed by atoms with van der Waals surface area (Å²) in [6.45, 7) is 2.24. The van der Waals surface area contributed by atoms with Crippen molar-refractivity contribution < 1.29 is 9.53 Å². The molecule has 0 aromatic carbocycles. The van der Waals surface area contributed by atoms with Crippen LogP contribution >= 0.6 is 0 Å². The van der Waals surface area contributed by atoms with E-state index < -0.39 is 0 Å². The zero-order valence-corrected chi connectivity index (χ0v) is 6.93. The predicted octanol–water partition coefficient (Wildman–Crippen LogP) is 1.88. The molecule has 0 spiro atoms. The summed E-state index contributed by atoms with van der Waals surface area (Å²) < 4.78 is 5.23. The number of carbonyl (C=O) groups is 1. The van der Waals surface area contributed by atoms with Crippen LogP contribution in [-0.2, 0) is 9.53 Å². The molecule has 0 bridgehead atoms. The molecule has 0 N–H and O–H groups in total. The van der Waals surface area contributed by atoms with Crippen LogP contribution in [0.3, 0.4) is 0 Å². The molecule has 0 aromatic rings. The van der Waals surface area contributed by atoms with Crippen LogP contribution in [0, 0.1) is 5.41 Å². The summed E-state index contributed by atoms with van der Waals surface area (Å²) in [5.74, 6) is 0.00289. The fourth-order valence-corrected chi connectivity index (χ4v) is 2.07. The third kappa shape index (κ3) is 1.05. The molecule has 1 aliphatic heterocycles. The zero-order chi connectivity index (χ0) is 7.90. The number of hydrogen-bond acceptors (Lipinski definition) is 2. The van der Waals surface area contributed by atoms with E-state index in [0.29, 0.717) is 11.8 Å². The first-order chi connectivity index (χ1) is 5.21. The molecule has 0 radical (unpaired) electrons. The Morgan fingerprint density at radius 3 is 2.64 bits per heavy atom. The van der Waals surface area contributed by atoms with E-state index in [9.17, 15) is 4.79 Å². The van der Waals surface area contributed by atoms with Gasteiger partial charge in [0.15, 0.2) is 0 Å². The van der Waals surface area contributed by atoms with Gasteiger partial charge in [-0.3, -0.25) is 4.79 Å². The summed E-state index contributed by atoms with van der Waals surface area (Å²) in [6, 6.07) is 0. The van der Waals surface area contributed by atoms with Crippen LogP contribution in [0.25, 0.3) is 0 Å². The van der Waals surface area contributed by atoms with Gasteiger partial charge in [-0.2, -0.15) is 0 Å². The van der Waals surface area contributed by atoms with Gasteiger partial charge in [0, 0.05) is 11.8 Å². The number of ether oxygens (including phenoxy) is 1. The van der Waals surface area contributed by atoms with Crippen LogP contribution in [-0.4, -0.2) is 12.1 Å². The van der Waals surface area contributed by atoms with Gasteiger partial charge in [-0.15, -0.1) is 0 Å². The molecule has 2 nitrogen and oxygen atoms in total. The van der Waals surface area contributed by atoms with Crippen molar-refractivity contribution in [1.29, 1.82) is 0 Å². The molecular weight excluding hydrogens is 140 g/mol. The molecule has 1 heterocycles. The SMILES string of the molecule is CC1(C2CCC(=O)O2)CCC1. The maximum atomic E-state index is 10.8. The van der Waals surface area contributed by atoms with Crippen molar-refractivity contribution in [2.24, 2.45) is 5.41 Å². The lowest BCUT2D eigenvalue weighted by Crippen LogP contribution is -2.38. The van der Waals surface area contributed by atoms with Crippen LogP contribution in [0.5, 0.6) is 0 Å². The van der Waals surface area contributed by atoms with Crippen molar-refractivity contribution in [1.82, 2.24) is 0 Å². The smallest absolute Gasteiger partial charge is 0.306 e. The average molecular weight is 154 g/mol. The summed E-state index contributed by atoms with van der Waals surface area (Å²) in [5, 5.41) is 0. The molecule has 1 saturated heterocycles. The second kappa shape index (κ2) is 2.23. The molecule has 0 amide bonds. The predicted molar refractivity (Wildman–Crippen MR) is 41.1 cm³/mol. The van der Waals surface area contributed by atoms with Crippen molar-refractivity contribution in [2.45, 2.75) is 45.1 Å². The van der Waals surface area contributed by atoms with Gasteiger partial charge in [-0.1, -0.05) is 13.3 Å². The summed E-state index contributed by atoms with van der Waals surface area (Å²) >= 11 is 0. The number of cyclic esters (lactones) is 1. The lowest BCUT2D eigenvalue weighted by Gasteiger charge is -2.42. The maximum Gasteiger partial charge on any atom is 0.306 e. The molecule has 1 unspecified atom stereocenters. The molecule has 2 fully saturated rings. The van der Waals surface area contributed by atoms with Gasteiger partial charge in [0.25, 0.3) is 0 Å². The average Bonchev–Trinajstić information content (AvgIpc) is 2.31. The molecule has 2 aliphatic rings. The Labute approximate surface area is 66.9 Å². The third-order valence-corrected chi connectivity index (χ3v) is 3.16. The van der Waals surface area contributed by atoms with E-state index in [4.69, 9.17) is 4.74 Å². The molecule has 1 aliphatic carbocycles. The standard InChI is InChI=1S/C9H14O2/c1-9(5-2-6-9)7-3-4-8(10)11-7/h7H,2-6H2,1H3. The van der Waals surface area contributed by atoms with Gasteiger partial charge in [0.05, 0.1) is 0 Å². The van der Waals surface area contributed by atoms with Crippen molar-refractivity contribution in [2.75, 3.05) is 0 Å². The summed E-state index contributed by atoms with van der Waals surface area (Å²) in [7, 11) is 0. The van der Waals surface area contributed by atoms with Crippen molar-refractivity contribution in [3.8, 4) is 0 Å². The Morgan fingerprint density at radius 2 is 2.27 bits per heavy atom. The highest BCUT2D eigenvalue weighted by atomic mass is 16.5. The molecule has 1 atom stereocenters. The largest absolute Gasteiger partial charge is 0.462 e. The summed E-state index contributed by atoms with van der Waals surface area (Å²) in [5.41, 5.74) is 0.339. The molecular formula is C9H14O2. The molecule has 2 rings (SSSR count). The van der Waals surface area contributed by atoms with Crippen LogP contribution in [0.2, 0.25) is 0 Å². The minimum Gasteiger partial charge on any atom is -0.462 e. The van der Waals surface area contributed by atoms with E-state index in [1.54, 1.807) is 0 Å². The molecule has 2 heteroatoms. The number of rotatable bonds is 1. The van der Waals surface area contributed by atoms with Crippen LogP contribution in [0.15, 0.2) is 0 Å². The highest BCUT2D eigenvalue weighted by Crippen LogP contribution is 2.47. The first-order valence-corrected chi connectivity index (χ1v) is 4.40. The molecule has 11 heavy (non-hydrogen) atoms. The Kier molecular flexibility index (Phi) is 1.44. The Morgan fingerprint density at radius 1 is 1.55 bits per heavy atom. The second-order valence-corrected chi connectivity index (χ2v) is 4.02. The van der Waals surface area contributed by atoms with Crippen LogP contribution < -0.4 is 0 Å². The first-order valence-electron chi connectivity index (χ1n) is 4.40. The Balaban J connectivity index is 2.00. The highest BCUT2D eigenvalue weighted by molar-refractivity contribution is 5.71. The molecule has 0 aromatic heterocycles. The Hall–Kier alpha value is -0.530. The van der Waals surface area contributed by atoms with Gasteiger partial charge < -0.3 is 4.74 Å². The first kappa shape index (κ1) is 7.14. The highest BCUT2D eigenvalue weighted by Gasteiger charge is 2.44. The van der Waals surface area contributed by atoms with E-state index in [1.807, 2.05) is 0 Å². The summed E-state index contributed by atoms with van der Waals surface area (Å²) in [4.78, 5) is 10.8. The van der Waals surface area contributed by atoms with E-state index >= 15 is 0 Å². The minimum atomic E-state index is 0.00289. The van der Waals surface area contributed by atoms with Gasteiger partial charge in [0.1, 0.15) is 6.10 Å².